The Labute approximate surface area is 127 Å². The Hall–Kier alpha value is -1.74. The predicted octanol–water partition coefficient (Wildman–Crippen LogP) is 3.81. The number of benzene rings is 1. The van der Waals surface area contributed by atoms with Crippen LogP contribution in [0.4, 0.5) is 0 Å². The zero-order chi connectivity index (χ0) is 15.6. The monoisotopic (exact) mass is 286 g/mol. The van der Waals surface area contributed by atoms with Gasteiger partial charge in [-0.1, -0.05) is 17.7 Å². The van der Waals surface area contributed by atoms with Gasteiger partial charge in [0.15, 0.2) is 0 Å². The summed E-state index contributed by atoms with van der Waals surface area (Å²) >= 11 is 0. The molecule has 0 aliphatic heterocycles. The lowest BCUT2D eigenvalue weighted by atomic mass is 10.0. The quantitative estimate of drug-likeness (QED) is 0.904. The molecular formula is C18H26N2O. The molecule has 0 spiro atoms. The molecule has 1 aromatic carbocycles. The average molecular weight is 286 g/mol. The van der Waals surface area contributed by atoms with Gasteiger partial charge in [0, 0.05) is 36.6 Å². The van der Waals surface area contributed by atoms with E-state index in [1.54, 1.807) is 7.11 Å². The summed E-state index contributed by atoms with van der Waals surface area (Å²) in [6.45, 7) is 9.47. The first-order valence-electron chi connectivity index (χ1n) is 7.43. The van der Waals surface area contributed by atoms with Crippen LogP contribution in [0, 0.1) is 20.8 Å². The van der Waals surface area contributed by atoms with Crippen molar-refractivity contribution in [2.24, 2.45) is 7.05 Å². The van der Waals surface area contributed by atoms with Crippen molar-refractivity contribution in [3.05, 3.63) is 52.3 Å². The first-order chi connectivity index (χ1) is 9.93. The Bertz CT molecular complexity index is 628. The SMILES string of the molecule is COc1ccc(C)cc1C(C)NCc1cc(C)n(C)c1C. The second kappa shape index (κ2) is 6.35. The summed E-state index contributed by atoms with van der Waals surface area (Å²) in [7, 11) is 3.84. The van der Waals surface area contributed by atoms with Crippen molar-refractivity contribution in [3.63, 3.8) is 0 Å². The van der Waals surface area contributed by atoms with Gasteiger partial charge in [0.1, 0.15) is 5.75 Å². The topological polar surface area (TPSA) is 26.2 Å². The lowest BCUT2D eigenvalue weighted by Crippen LogP contribution is -2.19. The van der Waals surface area contributed by atoms with E-state index in [1.807, 2.05) is 6.07 Å². The molecule has 3 heteroatoms. The Morgan fingerprint density at radius 2 is 1.90 bits per heavy atom. The zero-order valence-electron chi connectivity index (χ0n) is 13.9. The number of methoxy groups -OCH3 is 1. The lowest BCUT2D eigenvalue weighted by molar-refractivity contribution is 0.401. The minimum absolute atomic E-state index is 0.250. The molecule has 0 aliphatic rings. The molecule has 2 aromatic rings. The van der Waals surface area contributed by atoms with Crippen LogP contribution < -0.4 is 10.1 Å². The summed E-state index contributed by atoms with van der Waals surface area (Å²) < 4.78 is 7.71. The second-order valence-electron chi connectivity index (χ2n) is 5.80. The van der Waals surface area contributed by atoms with Crippen molar-refractivity contribution in [2.75, 3.05) is 7.11 Å². The van der Waals surface area contributed by atoms with Gasteiger partial charge in [0.2, 0.25) is 0 Å². The first kappa shape index (κ1) is 15.6. The number of nitrogens with zero attached hydrogens (tertiary/aromatic N) is 1. The van der Waals surface area contributed by atoms with Crippen LogP contribution in [0.25, 0.3) is 0 Å². The van der Waals surface area contributed by atoms with E-state index in [-0.39, 0.29) is 6.04 Å². The van der Waals surface area contributed by atoms with Crippen molar-refractivity contribution in [2.45, 2.75) is 40.3 Å². The highest BCUT2D eigenvalue weighted by atomic mass is 16.5. The molecule has 1 heterocycles. The van der Waals surface area contributed by atoms with E-state index in [0.717, 1.165) is 12.3 Å². The van der Waals surface area contributed by atoms with E-state index < -0.39 is 0 Å². The van der Waals surface area contributed by atoms with Crippen molar-refractivity contribution < 1.29 is 4.74 Å². The highest BCUT2D eigenvalue weighted by Gasteiger charge is 2.13. The smallest absolute Gasteiger partial charge is 0.123 e. The van der Waals surface area contributed by atoms with E-state index in [4.69, 9.17) is 4.74 Å². The molecule has 1 atom stereocenters. The molecule has 2 rings (SSSR count). The van der Waals surface area contributed by atoms with Crippen LogP contribution in [0.1, 0.15) is 41.0 Å². The normalized spacial score (nSPS) is 12.5. The van der Waals surface area contributed by atoms with E-state index in [1.165, 1.54) is 28.1 Å². The van der Waals surface area contributed by atoms with Gasteiger partial charge < -0.3 is 14.6 Å². The van der Waals surface area contributed by atoms with Crippen molar-refractivity contribution >= 4 is 0 Å². The fourth-order valence-corrected chi connectivity index (χ4v) is 2.68. The molecule has 0 saturated carbocycles. The molecule has 1 N–H and O–H groups in total. The average Bonchev–Trinajstić information content (AvgIpc) is 2.72. The van der Waals surface area contributed by atoms with E-state index in [0.29, 0.717) is 0 Å². The Balaban J connectivity index is 2.13. The number of aryl methyl sites for hydroxylation is 2. The van der Waals surface area contributed by atoms with E-state index in [9.17, 15) is 0 Å². The highest BCUT2D eigenvalue weighted by molar-refractivity contribution is 5.39. The molecule has 1 unspecified atom stereocenters. The van der Waals surface area contributed by atoms with Crippen molar-refractivity contribution in [1.29, 1.82) is 0 Å². The summed E-state index contributed by atoms with van der Waals surface area (Å²) in [5.41, 5.74) is 6.44. The molecule has 0 aliphatic carbocycles. The molecule has 21 heavy (non-hydrogen) atoms. The van der Waals surface area contributed by atoms with Gasteiger partial charge >= 0.3 is 0 Å². The maximum Gasteiger partial charge on any atom is 0.123 e. The molecule has 0 amide bonds. The van der Waals surface area contributed by atoms with E-state index in [2.05, 4.69) is 62.8 Å². The fraction of sp³-hybridized carbons (Fsp3) is 0.444. The largest absolute Gasteiger partial charge is 0.496 e. The molecule has 0 bridgehead atoms. The van der Waals surface area contributed by atoms with Gasteiger partial charge in [-0.15, -0.1) is 0 Å². The summed E-state index contributed by atoms with van der Waals surface area (Å²) in [4.78, 5) is 0. The minimum atomic E-state index is 0.250. The zero-order valence-corrected chi connectivity index (χ0v) is 13.9. The van der Waals surface area contributed by atoms with Crippen LogP contribution in [0.2, 0.25) is 0 Å². The summed E-state index contributed by atoms with van der Waals surface area (Å²) in [6, 6.07) is 8.82. The Kier molecular flexibility index (Phi) is 4.73. The summed E-state index contributed by atoms with van der Waals surface area (Å²) in [5, 5.41) is 3.61. The molecule has 1 aromatic heterocycles. The van der Waals surface area contributed by atoms with Crippen LogP contribution >= 0.6 is 0 Å². The van der Waals surface area contributed by atoms with E-state index >= 15 is 0 Å². The third-order valence-electron chi connectivity index (χ3n) is 4.33. The van der Waals surface area contributed by atoms with Crippen LogP contribution in [-0.2, 0) is 13.6 Å². The third-order valence-corrected chi connectivity index (χ3v) is 4.33. The molecular weight excluding hydrogens is 260 g/mol. The number of ether oxygens (including phenoxy) is 1. The molecule has 0 fully saturated rings. The summed E-state index contributed by atoms with van der Waals surface area (Å²) in [6.07, 6.45) is 0. The van der Waals surface area contributed by atoms with Crippen LogP contribution in [0.15, 0.2) is 24.3 Å². The third kappa shape index (κ3) is 3.30. The summed E-state index contributed by atoms with van der Waals surface area (Å²) in [5.74, 6) is 0.946. The van der Waals surface area contributed by atoms with Gasteiger partial charge in [0.05, 0.1) is 7.11 Å². The number of rotatable bonds is 5. The number of nitrogens with one attached hydrogen (secondary N) is 1. The van der Waals surface area contributed by atoms with Crippen molar-refractivity contribution in [1.82, 2.24) is 9.88 Å². The molecule has 0 saturated heterocycles. The predicted molar refractivity (Wildman–Crippen MR) is 87.9 cm³/mol. The number of aromatic nitrogens is 1. The van der Waals surface area contributed by atoms with Gasteiger partial charge in [-0.25, -0.2) is 0 Å². The van der Waals surface area contributed by atoms with Gasteiger partial charge in [-0.05, 0) is 45.4 Å². The molecule has 114 valence electrons. The van der Waals surface area contributed by atoms with Gasteiger partial charge in [0.25, 0.3) is 0 Å². The molecule has 0 radical (unpaired) electrons. The maximum atomic E-state index is 5.48. The number of hydrogen-bond acceptors (Lipinski definition) is 2. The fourth-order valence-electron chi connectivity index (χ4n) is 2.68. The first-order valence-corrected chi connectivity index (χ1v) is 7.43. The maximum absolute atomic E-state index is 5.48. The standard InChI is InChI=1S/C18H26N2O/c1-12-7-8-18(21-6)17(9-12)14(3)19-11-16-10-13(2)20(5)15(16)4/h7-10,14,19H,11H2,1-6H3. The van der Waals surface area contributed by atoms with Crippen LogP contribution in [0.3, 0.4) is 0 Å². The Morgan fingerprint density at radius 1 is 1.19 bits per heavy atom. The number of hydrogen-bond donors (Lipinski definition) is 1. The van der Waals surface area contributed by atoms with Gasteiger partial charge in [-0.2, -0.15) is 0 Å². The van der Waals surface area contributed by atoms with Crippen molar-refractivity contribution in [3.8, 4) is 5.75 Å². The minimum Gasteiger partial charge on any atom is -0.496 e. The Morgan fingerprint density at radius 3 is 2.48 bits per heavy atom. The van der Waals surface area contributed by atoms with Crippen LogP contribution in [-0.4, -0.2) is 11.7 Å². The lowest BCUT2D eigenvalue weighted by Gasteiger charge is -2.18. The molecule has 3 nitrogen and oxygen atoms in total. The van der Waals surface area contributed by atoms with Crippen LogP contribution in [0.5, 0.6) is 5.75 Å². The van der Waals surface area contributed by atoms with Gasteiger partial charge in [-0.3, -0.25) is 0 Å². The highest BCUT2D eigenvalue weighted by Crippen LogP contribution is 2.26. The second-order valence-corrected chi connectivity index (χ2v) is 5.80.